The van der Waals surface area contributed by atoms with Gasteiger partial charge in [0, 0.05) is 0 Å². The Morgan fingerprint density at radius 2 is 2.00 bits per heavy atom. The second-order valence-electron chi connectivity index (χ2n) is 4.99. The first-order chi connectivity index (χ1) is 8.85. The van der Waals surface area contributed by atoms with Crippen molar-refractivity contribution in [3.05, 3.63) is 18.2 Å². The minimum atomic E-state index is -3.35. The Hall–Kier alpha value is -1.43. The minimum Gasteiger partial charge on any atom is -0.486 e. The first-order valence-corrected chi connectivity index (χ1v) is 8.18. The van der Waals surface area contributed by atoms with E-state index in [1.54, 1.807) is 18.2 Å². The number of hydrogen-bond acceptors (Lipinski definition) is 4. The van der Waals surface area contributed by atoms with Crippen LogP contribution < -0.4 is 14.2 Å². The van der Waals surface area contributed by atoms with Crippen molar-refractivity contribution < 1.29 is 17.9 Å². The summed E-state index contributed by atoms with van der Waals surface area (Å²) < 4.78 is 36.7. The van der Waals surface area contributed by atoms with Gasteiger partial charge in [0.05, 0.1) is 24.2 Å². The minimum absolute atomic E-state index is 0.0657. The second kappa shape index (κ2) is 5.28. The van der Waals surface area contributed by atoms with E-state index in [2.05, 4.69) is 4.72 Å². The highest BCUT2D eigenvalue weighted by atomic mass is 32.2. The largest absolute Gasteiger partial charge is 0.486 e. The van der Waals surface area contributed by atoms with Crippen LogP contribution in [0.5, 0.6) is 11.5 Å². The molecule has 1 aliphatic carbocycles. The Morgan fingerprint density at radius 1 is 1.32 bits per heavy atom. The smallest absolute Gasteiger partial charge is 0.229 e. The van der Waals surface area contributed by atoms with Crippen LogP contribution in [0.4, 0.5) is 5.69 Å². The van der Waals surface area contributed by atoms with Crippen molar-refractivity contribution in [3.8, 4) is 11.5 Å². The highest BCUT2D eigenvalue weighted by Gasteiger charge is 2.26. The molecule has 19 heavy (non-hydrogen) atoms. The van der Waals surface area contributed by atoms with Crippen molar-refractivity contribution in [1.82, 2.24) is 0 Å². The Kier molecular flexibility index (Phi) is 3.89. The fraction of sp³-hybridized carbons (Fsp3) is 0.538. The Balaban J connectivity index is 2.33. The van der Waals surface area contributed by atoms with E-state index in [1.165, 1.54) is 0 Å². The van der Waals surface area contributed by atoms with E-state index in [-0.39, 0.29) is 12.2 Å². The van der Waals surface area contributed by atoms with E-state index in [0.29, 0.717) is 17.2 Å². The second-order valence-corrected chi connectivity index (χ2v) is 6.74. The molecule has 2 rings (SSSR count). The molecule has 1 aliphatic rings. The number of benzene rings is 1. The van der Waals surface area contributed by atoms with Gasteiger partial charge in [-0.15, -0.1) is 0 Å². The standard InChI is InChI=1S/C13H19NO4S/c1-9(2)17-13-11(14-19(3,15)16)5-4-6-12(13)18-10-7-8-10/h4-6,9-10,14H,7-8H2,1-3H3. The van der Waals surface area contributed by atoms with Crippen molar-refractivity contribution in [2.24, 2.45) is 0 Å². The van der Waals surface area contributed by atoms with Gasteiger partial charge in [-0.2, -0.15) is 0 Å². The first-order valence-electron chi connectivity index (χ1n) is 6.29. The van der Waals surface area contributed by atoms with E-state index in [1.807, 2.05) is 13.8 Å². The average molecular weight is 285 g/mol. The fourth-order valence-electron chi connectivity index (χ4n) is 1.61. The number of nitrogens with one attached hydrogen (secondary N) is 1. The zero-order valence-corrected chi connectivity index (χ0v) is 12.2. The van der Waals surface area contributed by atoms with E-state index in [0.717, 1.165) is 19.1 Å². The Labute approximate surface area is 114 Å². The van der Waals surface area contributed by atoms with Gasteiger partial charge in [-0.3, -0.25) is 4.72 Å². The molecule has 5 nitrogen and oxygen atoms in total. The quantitative estimate of drug-likeness (QED) is 0.871. The van der Waals surface area contributed by atoms with Crippen molar-refractivity contribution >= 4 is 15.7 Å². The summed E-state index contributed by atoms with van der Waals surface area (Å²) in [6, 6.07) is 5.21. The van der Waals surface area contributed by atoms with Gasteiger partial charge in [-0.05, 0) is 38.8 Å². The summed E-state index contributed by atoms with van der Waals surface area (Å²) in [5, 5.41) is 0. The molecule has 1 aromatic carbocycles. The third-order valence-electron chi connectivity index (χ3n) is 2.45. The SMILES string of the molecule is CC(C)Oc1c(NS(C)(=O)=O)cccc1OC1CC1. The molecule has 0 aromatic heterocycles. The molecule has 6 heteroatoms. The molecular weight excluding hydrogens is 266 g/mol. The van der Waals surface area contributed by atoms with Gasteiger partial charge in [0.2, 0.25) is 10.0 Å². The highest BCUT2D eigenvalue weighted by molar-refractivity contribution is 7.92. The maximum atomic E-state index is 11.4. The lowest BCUT2D eigenvalue weighted by molar-refractivity contribution is 0.219. The molecule has 1 saturated carbocycles. The van der Waals surface area contributed by atoms with Gasteiger partial charge in [0.1, 0.15) is 0 Å². The molecule has 1 aromatic rings. The normalized spacial score (nSPS) is 15.4. The molecule has 0 heterocycles. The van der Waals surface area contributed by atoms with Crippen LogP contribution >= 0.6 is 0 Å². The number of ether oxygens (including phenoxy) is 2. The predicted octanol–water partition coefficient (Wildman–Crippen LogP) is 2.39. The molecule has 0 aliphatic heterocycles. The van der Waals surface area contributed by atoms with Crippen LogP contribution in [-0.2, 0) is 10.0 Å². The zero-order chi connectivity index (χ0) is 14.0. The average Bonchev–Trinajstić information content (AvgIpc) is 3.04. The number of anilines is 1. The lowest BCUT2D eigenvalue weighted by atomic mass is 10.2. The Bertz CT molecular complexity index is 550. The van der Waals surface area contributed by atoms with Gasteiger partial charge < -0.3 is 9.47 Å². The number of rotatable bonds is 6. The fourth-order valence-corrected chi connectivity index (χ4v) is 2.17. The van der Waals surface area contributed by atoms with Crippen LogP contribution in [0.25, 0.3) is 0 Å². The lowest BCUT2D eigenvalue weighted by Gasteiger charge is -2.18. The van der Waals surface area contributed by atoms with Crippen LogP contribution in [0.1, 0.15) is 26.7 Å². The first kappa shape index (κ1) is 14.0. The van der Waals surface area contributed by atoms with Crippen molar-refractivity contribution in [3.63, 3.8) is 0 Å². The topological polar surface area (TPSA) is 64.6 Å². The van der Waals surface area contributed by atoms with Gasteiger partial charge in [-0.1, -0.05) is 6.07 Å². The maximum absolute atomic E-state index is 11.4. The van der Waals surface area contributed by atoms with Crippen LogP contribution in [0.3, 0.4) is 0 Å². The number of hydrogen-bond donors (Lipinski definition) is 1. The molecule has 1 N–H and O–H groups in total. The molecule has 0 spiro atoms. The van der Waals surface area contributed by atoms with Crippen molar-refractivity contribution in [2.75, 3.05) is 11.0 Å². The predicted molar refractivity (Wildman–Crippen MR) is 74.3 cm³/mol. The Morgan fingerprint density at radius 3 is 2.53 bits per heavy atom. The number of para-hydroxylation sites is 1. The molecule has 0 saturated heterocycles. The monoisotopic (exact) mass is 285 g/mol. The summed E-state index contributed by atoms with van der Waals surface area (Å²) in [7, 11) is -3.35. The van der Waals surface area contributed by atoms with Crippen LogP contribution in [0.2, 0.25) is 0 Å². The third kappa shape index (κ3) is 4.31. The van der Waals surface area contributed by atoms with E-state index < -0.39 is 10.0 Å². The summed E-state index contributed by atoms with van der Waals surface area (Å²) in [5.41, 5.74) is 0.411. The molecule has 0 bridgehead atoms. The maximum Gasteiger partial charge on any atom is 0.229 e. The molecular formula is C13H19NO4S. The van der Waals surface area contributed by atoms with Gasteiger partial charge in [0.25, 0.3) is 0 Å². The van der Waals surface area contributed by atoms with Crippen LogP contribution in [0, 0.1) is 0 Å². The van der Waals surface area contributed by atoms with E-state index in [9.17, 15) is 8.42 Å². The zero-order valence-electron chi connectivity index (χ0n) is 11.3. The molecule has 0 atom stereocenters. The van der Waals surface area contributed by atoms with Crippen LogP contribution in [0.15, 0.2) is 18.2 Å². The third-order valence-corrected chi connectivity index (χ3v) is 3.04. The molecule has 1 fully saturated rings. The molecule has 0 unspecified atom stereocenters. The molecule has 0 amide bonds. The van der Waals surface area contributed by atoms with Gasteiger partial charge >= 0.3 is 0 Å². The lowest BCUT2D eigenvalue weighted by Crippen LogP contribution is -2.14. The summed E-state index contributed by atoms with van der Waals surface area (Å²) in [4.78, 5) is 0. The van der Waals surface area contributed by atoms with Crippen molar-refractivity contribution in [2.45, 2.75) is 38.9 Å². The summed E-state index contributed by atoms with van der Waals surface area (Å²) in [5.74, 6) is 1.04. The molecule has 0 radical (unpaired) electrons. The highest BCUT2D eigenvalue weighted by Crippen LogP contribution is 2.39. The summed E-state index contributed by atoms with van der Waals surface area (Å²) in [6.45, 7) is 3.77. The van der Waals surface area contributed by atoms with Crippen LogP contribution in [-0.4, -0.2) is 26.9 Å². The van der Waals surface area contributed by atoms with Crippen molar-refractivity contribution in [1.29, 1.82) is 0 Å². The van der Waals surface area contributed by atoms with E-state index >= 15 is 0 Å². The summed E-state index contributed by atoms with van der Waals surface area (Å²) >= 11 is 0. The van der Waals surface area contributed by atoms with E-state index in [4.69, 9.17) is 9.47 Å². The molecule has 106 valence electrons. The number of sulfonamides is 1. The van der Waals surface area contributed by atoms with Gasteiger partial charge in [0.15, 0.2) is 11.5 Å². The van der Waals surface area contributed by atoms with Gasteiger partial charge in [-0.25, -0.2) is 8.42 Å². The summed E-state index contributed by atoms with van der Waals surface area (Å²) in [6.07, 6.45) is 3.34.